The quantitative estimate of drug-likeness (QED) is 0.136. The molecule has 18 heteroatoms. The molecule has 3 heterocycles. The number of likely N-dealkylation sites (tertiary alicyclic amines) is 1. The summed E-state index contributed by atoms with van der Waals surface area (Å²) in [5.41, 5.74) is -0.649. The Hall–Kier alpha value is -4.97. The van der Waals surface area contributed by atoms with Crippen LogP contribution in [0.4, 0.5) is 9.93 Å². The first-order valence-corrected chi connectivity index (χ1v) is 23.5. The van der Waals surface area contributed by atoms with Crippen LogP contribution in [0.3, 0.4) is 0 Å². The molecule has 16 nitrogen and oxygen atoms in total. The van der Waals surface area contributed by atoms with E-state index in [2.05, 4.69) is 27.3 Å². The van der Waals surface area contributed by atoms with Gasteiger partial charge in [0.2, 0.25) is 21.8 Å². The number of aromatic nitrogens is 2. The molecule has 0 unspecified atom stereocenters. The zero-order chi connectivity index (χ0) is 43.9. The van der Waals surface area contributed by atoms with E-state index in [0.29, 0.717) is 59.5 Å². The van der Waals surface area contributed by atoms with Gasteiger partial charge in [-0.1, -0.05) is 25.3 Å². The number of anilines is 1. The Labute approximate surface area is 361 Å². The molecule has 0 spiro atoms. The van der Waals surface area contributed by atoms with Crippen LogP contribution in [0.2, 0.25) is 0 Å². The first kappa shape index (κ1) is 44.1. The number of hydrogen-bond acceptors (Lipinski definition) is 13. The topological polar surface area (TPSA) is 207 Å². The lowest BCUT2D eigenvalue weighted by Gasteiger charge is -2.35. The van der Waals surface area contributed by atoms with Gasteiger partial charge < -0.3 is 35.1 Å². The van der Waals surface area contributed by atoms with Crippen LogP contribution in [0.1, 0.15) is 92.4 Å². The Kier molecular flexibility index (Phi) is 12.6. The molecule has 3 saturated carbocycles. The summed E-state index contributed by atoms with van der Waals surface area (Å²) in [7, 11) is -2.36. The van der Waals surface area contributed by atoms with Crippen molar-refractivity contribution in [1.82, 2.24) is 30.2 Å². The Balaban J connectivity index is 1.23. The van der Waals surface area contributed by atoms with Gasteiger partial charge in [0.05, 0.1) is 30.1 Å². The van der Waals surface area contributed by atoms with Gasteiger partial charge in [0, 0.05) is 41.3 Å². The van der Waals surface area contributed by atoms with E-state index in [9.17, 15) is 27.6 Å². The standard InChI is InChI=1S/C43H57N7O9S2/c1-8-26-21-43(26,39(53)49-61(55,56)29-15-16-29)48-37(51)34-19-28(22-50(34)38(52)36(25-12-10-9-11-13-25)47-41(54)59-42(4,5)6)58-35-20-32(33-23-60-40(46-33)44-24(2)3)45-31-18-27(57-7)14-17-30(31)35/h8,14,17-18,20,23-26,28-29,34,36H,1,9-13,15-16,19,21-22H2,2-7H3,(H,44,46)(H,47,54)(H,48,51)(H,49,53)/t26-,28-,34+,36+,43-/m1/s1. The molecule has 4 N–H and O–H groups in total. The van der Waals surface area contributed by atoms with Crippen LogP contribution in [0.15, 0.2) is 42.3 Å². The third-order valence-electron chi connectivity index (χ3n) is 11.6. The number of sulfonamides is 1. The molecule has 4 amide bonds. The summed E-state index contributed by atoms with van der Waals surface area (Å²) in [4.78, 5) is 67.7. The van der Waals surface area contributed by atoms with Crippen molar-refractivity contribution in [2.24, 2.45) is 11.8 Å². The molecule has 4 aliphatic rings. The molecule has 1 aromatic carbocycles. The second-order valence-corrected chi connectivity index (χ2v) is 20.7. The molecule has 1 aliphatic heterocycles. The summed E-state index contributed by atoms with van der Waals surface area (Å²) in [6, 6.07) is 5.21. The molecule has 5 atom stereocenters. The van der Waals surface area contributed by atoms with Crippen molar-refractivity contribution < 1.29 is 41.8 Å². The minimum atomic E-state index is -3.92. The fraction of sp³-hybridized carbons (Fsp3) is 0.581. The Bertz CT molecular complexity index is 2280. The number of benzene rings is 1. The van der Waals surface area contributed by atoms with Crippen LogP contribution in [0.25, 0.3) is 22.3 Å². The maximum Gasteiger partial charge on any atom is 0.408 e. The second-order valence-electron chi connectivity index (χ2n) is 17.9. The number of thiazole rings is 1. The van der Waals surface area contributed by atoms with E-state index in [4.69, 9.17) is 24.2 Å². The van der Waals surface area contributed by atoms with Gasteiger partial charge in [0.25, 0.3) is 5.91 Å². The highest BCUT2D eigenvalue weighted by atomic mass is 32.2. The minimum Gasteiger partial charge on any atom is -0.497 e. The summed E-state index contributed by atoms with van der Waals surface area (Å²) in [6.07, 6.45) is 5.23. The average molecular weight is 880 g/mol. The lowest BCUT2D eigenvalue weighted by Crippen LogP contribution is -2.59. The first-order valence-electron chi connectivity index (χ1n) is 21.1. The number of carbonyl (C=O) groups is 4. The highest BCUT2D eigenvalue weighted by Gasteiger charge is 2.62. The van der Waals surface area contributed by atoms with Crippen molar-refractivity contribution >= 4 is 61.2 Å². The Morgan fingerprint density at radius 3 is 2.41 bits per heavy atom. The maximum absolute atomic E-state index is 15.0. The minimum absolute atomic E-state index is 0.0205. The van der Waals surface area contributed by atoms with Gasteiger partial charge in [-0.2, -0.15) is 0 Å². The lowest BCUT2D eigenvalue weighted by molar-refractivity contribution is -0.142. The van der Waals surface area contributed by atoms with Gasteiger partial charge in [-0.05, 0) is 84.8 Å². The van der Waals surface area contributed by atoms with Crippen molar-refractivity contribution in [3.05, 3.63) is 42.3 Å². The molecule has 2 aromatic heterocycles. The number of methoxy groups -OCH3 is 1. The molecule has 1 saturated heterocycles. The molecule has 0 radical (unpaired) electrons. The fourth-order valence-electron chi connectivity index (χ4n) is 8.27. The summed E-state index contributed by atoms with van der Waals surface area (Å²) >= 11 is 1.45. The molecule has 0 bridgehead atoms. The molecular formula is C43H57N7O9S2. The van der Waals surface area contributed by atoms with E-state index >= 15 is 0 Å². The van der Waals surface area contributed by atoms with Gasteiger partial charge >= 0.3 is 6.09 Å². The van der Waals surface area contributed by atoms with E-state index in [1.165, 1.54) is 22.3 Å². The number of carbonyl (C=O) groups excluding carboxylic acids is 4. The van der Waals surface area contributed by atoms with E-state index < -0.39 is 74.3 Å². The zero-order valence-electron chi connectivity index (χ0n) is 35.6. The normalized spacial score (nSPS) is 23.5. The number of nitrogens with zero attached hydrogens (tertiary/aromatic N) is 3. The Morgan fingerprint density at radius 1 is 1.03 bits per heavy atom. The predicted molar refractivity (Wildman–Crippen MR) is 232 cm³/mol. The molecule has 3 aromatic rings. The predicted octanol–water partition coefficient (Wildman–Crippen LogP) is 5.68. The largest absolute Gasteiger partial charge is 0.497 e. The van der Waals surface area contributed by atoms with E-state index in [1.54, 1.807) is 46.1 Å². The van der Waals surface area contributed by atoms with Crippen LogP contribution in [0.5, 0.6) is 11.5 Å². The average Bonchev–Trinajstić information content (AvgIpc) is 4.10. The summed E-state index contributed by atoms with van der Waals surface area (Å²) in [5, 5.41) is 11.7. The van der Waals surface area contributed by atoms with Gasteiger partial charge in [-0.15, -0.1) is 17.9 Å². The van der Waals surface area contributed by atoms with Crippen LogP contribution < -0.4 is 30.1 Å². The smallest absolute Gasteiger partial charge is 0.408 e. The van der Waals surface area contributed by atoms with E-state index in [1.807, 2.05) is 25.3 Å². The highest BCUT2D eigenvalue weighted by Crippen LogP contribution is 2.46. The fourth-order valence-corrected chi connectivity index (χ4v) is 10.5. The second kappa shape index (κ2) is 17.4. The van der Waals surface area contributed by atoms with Gasteiger partial charge in [-0.25, -0.2) is 23.2 Å². The molecule has 4 fully saturated rings. The summed E-state index contributed by atoms with van der Waals surface area (Å²) in [6.45, 7) is 13.1. The van der Waals surface area contributed by atoms with Crippen LogP contribution in [0, 0.1) is 11.8 Å². The number of pyridine rings is 1. The monoisotopic (exact) mass is 879 g/mol. The first-order chi connectivity index (χ1) is 28.9. The highest BCUT2D eigenvalue weighted by molar-refractivity contribution is 7.91. The van der Waals surface area contributed by atoms with Gasteiger partial charge in [0.1, 0.15) is 46.5 Å². The molecular weight excluding hydrogens is 823 g/mol. The lowest BCUT2D eigenvalue weighted by atomic mass is 9.83. The van der Waals surface area contributed by atoms with Crippen molar-refractivity contribution in [3.8, 4) is 22.9 Å². The van der Waals surface area contributed by atoms with Crippen LogP contribution in [-0.2, 0) is 29.1 Å². The number of hydrogen-bond donors (Lipinski definition) is 4. The Morgan fingerprint density at radius 2 is 1.77 bits per heavy atom. The summed E-state index contributed by atoms with van der Waals surface area (Å²) < 4.78 is 45.8. The van der Waals surface area contributed by atoms with Crippen molar-refractivity contribution in [3.63, 3.8) is 0 Å². The van der Waals surface area contributed by atoms with Crippen molar-refractivity contribution in [2.45, 2.75) is 133 Å². The van der Waals surface area contributed by atoms with E-state index in [-0.39, 0.29) is 31.3 Å². The number of rotatable bonds is 15. The van der Waals surface area contributed by atoms with Crippen LogP contribution in [-0.4, -0.2) is 101 Å². The molecule has 3 aliphatic carbocycles. The van der Waals surface area contributed by atoms with Crippen LogP contribution >= 0.6 is 11.3 Å². The van der Waals surface area contributed by atoms with E-state index in [0.717, 1.165) is 24.4 Å². The number of nitrogens with one attached hydrogen (secondary N) is 4. The number of amides is 4. The van der Waals surface area contributed by atoms with Crippen molar-refractivity contribution in [2.75, 3.05) is 19.0 Å². The zero-order valence-corrected chi connectivity index (χ0v) is 37.2. The molecule has 7 rings (SSSR count). The molecule has 330 valence electrons. The SMILES string of the molecule is C=C[C@@H]1C[C@]1(NC(=O)[C@@H]1C[C@@H](Oc2cc(-c3csc(NC(C)C)n3)nc3cc(OC)ccc23)CN1C(=O)[C@@H](NC(=O)OC(C)(C)C)C1CCCCC1)C(=O)NS(=O)(=O)C1CC1. The summed E-state index contributed by atoms with van der Waals surface area (Å²) in [5.74, 6) is -1.69. The number of alkyl carbamates (subject to hydrolysis) is 1. The van der Waals surface area contributed by atoms with Gasteiger partial charge in [0.15, 0.2) is 5.13 Å². The molecule has 61 heavy (non-hydrogen) atoms. The third-order valence-corrected chi connectivity index (χ3v) is 14.2. The number of ether oxygens (including phenoxy) is 3. The van der Waals surface area contributed by atoms with Gasteiger partial charge in [-0.3, -0.25) is 19.1 Å². The number of fused-ring (bicyclic) bond motifs is 1. The maximum atomic E-state index is 15.0. The third kappa shape index (κ3) is 10.1. The van der Waals surface area contributed by atoms with Crippen molar-refractivity contribution in [1.29, 1.82) is 0 Å².